The number of aryl methyl sites for hydroxylation is 1. The molecule has 168 valence electrons. The molecular weight excluding hydrogens is 440 g/mol. The Morgan fingerprint density at radius 3 is 2.59 bits per heavy atom. The van der Waals surface area contributed by atoms with Crippen LogP contribution >= 0.6 is 24.0 Å². The van der Waals surface area contributed by atoms with E-state index in [-0.39, 0.29) is 17.5 Å². The molecule has 0 spiro atoms. The van der Waals surface area contributed by atoms with Gasteiger partial charge in [-0.15, -0.1) is 0 Å². The molecule has 32 heavy (non-hydrogen) atoms. The Kier molecular flexibility index (Phi) is 6.07. The van der Waals surface area contributed by atoms with Crippen molar-refractivity contribution in [3.63, 3.8) is 0 Å². The summed E-state index contributed by atoms with van der Waals surface area (Å²) in [5.41, 5.74) is 1.86. The first-order chi connectivity index (χ1) is 15.5. The summed E-state index contributed by atoms with van der Waals surface area (Å²) in [4.78, 5) is 33.9. The molecule has 3 aliphatic rings. The molecule has 1 amide bonds. The van der Waals surface area contributed by atoms with E-state index in [1.807, 2.05) is 19.1 Å². The van der Waals surface area contributed by atoms with Crippen LogP contribution in [0, 0.1) is 6.92 Å². The van der Waals surface area contributed by atoms with Crippen LogP contribution in [-0.2, 0) is 4.79 Å². The summed E-state index contributed by atoms with van der Waals surface area (Å²) in [5.74, 6) is 0.492. The van der Waals surface area contributed by atoms with E-state index in [2.05, 4.69) is 5.32 Å². The number of hydrogen-bond donors (Lipinski definition) is 1. The lowest BCUT2D eigenvalue weighted by atomic mass is 9.95. The highest BCUT2D eigenvalue weighted by molar-refractivity contribution is 8.26. The van der Waals surface area contributed by atoms with Crippen molar-refractivity contribution in [2.45, 2.75) is 76.8 Å². The minimum absolute atomic E-state index is 0.0794. The second-order valence-corrected chi connectivity index (χ2v) is 10.7. The molecule has 2 aromatic heterocycles. The second kappa shape index (κ2) is 8.98. The highest BCUT2D eigenvalue weighted by Gasteiger charge is 2.38. The SMILES string of the molecule is Cc1cccn2c(=O)c(/C=C3/SC(=S)N(C4CCCC4)C3=O)c(NC3CCCCC3)nc12. The van der Waals surface area contributed by atoms with Crippen molar-refractivity contribution in [1.29, 1.82) is 0 Å². The molecule has 1 N–H and O–H groups in total. The number of thiocarbonyl (C=S) groups is 1. The molecule has 5 rings (SSSR count). The van der Waals surface area contributed by atoms with E-state index >= 15 is 0 Å². The fourth-order valence-corrected chi connectivity index (χ4v) is 6.46. The first-order valence-electron chi connectivity index (χ1n) is 11.6. The molecule has 0 unspecified atom stereocenters. The predicted molar refractivity (Wildman–Crippen MR) is 134 cm³/mol. The summed E-state index contributed by atoms with van der Waals surface area (Å²) in [5, 5.41) is 3.54. The van der Waals surface area contributed by atoms with Crippen LogP contribution in [-0.4, -0.2) is 36.6 Å². The fraction of sp³-hybridized carbons (Fsp3) is 0.500. The first-order valence-corrected chi connectivity index (χ1v) is 12.8. The van der Waals surface area contributed by atoms with E-state index in [1.165, 1.54) is 31.0 Å². The molecule has 2 saturated carbocycles. The number of carbonyl (C=O) groups excluding carboxylic acids is 1. The normalized spacial score (nSPS) is 21.9. The van der Waals surface area contributed by atoms with E-state index in [4.69, 9.17) is 17.2 Å². The van der Waals surface area contributed by atoms with Gasteiger partial charge in [0, 0.05) is 18.3 Å². The maximum absolute atomic E-state index is 13.5. The van der Waals surface area contributed by atoms with Crippen LogP contribution in [0.15, 0.2) is 28.0 Å². The largest absolute Gasteiger partial charge is 0.367 e. The van der Waals surface area contributed by atoms with Gasteiger partial charge in [-0.2, -0.15) is 0 Å². The standard InChI is InChI=1S/C24H28N4O2S2/c1-15-8-7-13-27-21(15)26-20(25-16-9-3-2-4-10-16)18(22(27)29)14-19-23(30)28(24(31)32-19)17-11-5-6-12-17/h7-8,13-14,16-17,25H,2-6,9-12H2,1H3/b19-14+. The lowest BCUT2D eigenvalue weighted by Gasteiger charge is -2.24. The molecule has 6 nitrogen and oxygen atoms in total. The van der Waals surface area contributed by atoms with Gasteiger partial charge in [0.05, 0.1) is 10.5 Å². The number of thioether (sulfide) groups is 1. The minimum Gasteiger partial charge on any atom is -0.367 e. The lowest BCUT2D eigenvalue weighted by Crippen LogP contribution is -2.36. The van der Waals surface area contributed by atoms with E-state index in [1.54, 1.807) is 21.6 Å². The topological polar surface area (TPSA) is 66.7 Å². The van der Waals surface area contributed by atoms with Gasteiger partial charge in [-0.3, -0.25) is 18.9 Å². The molecule has 1 aliphatic heterocycles. The van der Waals surface area contributed by atoms with Gasteiger partial charge in [0.1, 0.15) is 15.8 Å². The van der Waals surface area contributed by atoms with Crippen LogP contribution in [0.25, 0.3) is 11.7 Å². The van der Waals surface area contributed by atoms with Crippen molar-refractivity contribution in [2.24, 2.45) is 0 Å². The lowest BCUT2D eigenvalue weighted by molar-refractivity contribution is -0.123. The molecule has 2 aliphatic carbocycles. The molecule has 3 fully saturated rings. The molecule has 0 bridgehead atoms. The molecule has 1 saturated heterocycles. The van der Waals surface area contributed by atoms with Gasteiger partial charge in [-0.25, -0.2) is 4.98 Å². The first kappa shape index (κ1) is 21.6. The minimum atomic E-state index is -0.164. The molecule has 0 radical (unpaired) electrons. The van der Waals surface area contributed by atoms with Gasteiger partial charge in [-0.1, -0.05) is 62.2 Å². The number of anilines is 1. The summed E-state index contributed by atoms with van der Waals surface area (Å²) in [6.07, 6.45) is 13.4. The van der Waals surface area contributed by atoms with Crippen LogP contribution in [0.1, 0.15) is 68.9 Å². The van der Waals surface area contributed by atoms with E-state index in [0.717, 1.165) is 44.1 Å². The Bertz CT molecular complexity index is 1160. The molecule has 8 heteroatoms. The zero-order chi connectivity index (χ0) is 22.2. The van der Waals surface area contributed by atoms with Crippen LogP contribution in [0.2, 0.25) is 0 Å². The number of fused-ring (bicyclic) bond motifs is 1. The second-order valence-electron chi connectivity index (χ2n) is 9.03. The van der Waals surface area contributed by atoms with E-state index in [9.17, 15) is 9.59 Å². The van der Waals surface area contributed by atoms with Crippen LogP contribution in [0.5, 0.6) is 0 Å². The van der Waals surface area contributed by atoms with Crippen LogP contribution in [0.4, 0.5) is 5.82 Å². The maximum Gasteiger partial charge on any atom is 0.267 e. The third-order valence-corrected chi connectivity index (χ3v) is 8.15. The smallest absolute Gasteiger partial charge is 0.267 e. The van der Waals surface area contributed by atoms with E-state index in [0.29, 0.717) is 32.3 Å². The zero-order valence-electron chi connectivity index (χ0n) is 18.3. The van der Waals surface area contributed by atoms with Crippen molar-refractivity contribution in [2.75, 3.05) is 5.32 Å². The predicted octanol–water partition coefficient (Wildman–Crippen LogP) is 4.89. The van der Waals surface area contributed by atoms with Crippen molar-refractivity contribution in [3.05, 3.63) is 44.7 Å². The number of carbonyl (C=O) groups is 1. The Labute approximate surface area is 197 Å². The average Bonchev–Trinajstić information content (AvgIpc) is 3.40. The van der Waals surface area contributed by atoms with Gasteiger partial charge < -0.3 is 5.32 Å². The number of nitrogens with zero attached hydrogens (tertiary/aromatic N) is 3. The fourth-order valence-electron chi connectivity index (χ4n) is 5.08. The van der Waals surface area contributed by atoms with Gasteiger partial charge in [-0.05, 0) is 50.3 Å². The van der Waals surface area contributed by atoms with Crippen molar-refractivity contribution in [1.82, 2.24) is 14.3 Å². The summed E-state index contributed by atoms with van der Waals surface area (Å²) in [7, 11) is 0. The quantitative estimate of drug-likeness (QED) is 0.509. The van der Waals surface area contributed by atoms with E-state index < -0.39 is 0 Å². The van der Waals surface area contributed by atoms with Gasteiger partial charge in [0.2, 0.25) is 0 Å². The van der Waals surface area contributed by atoms with Crippen LogP contribution in [0.3, 0.4) is 0 Å². The summed E-state index contributed by atoms with van der Waals surface area (Å²) >= 11 is 6.85. The Hall–Kier alpha value is -2.19. The number of amides is 1. The number of pyridine rings is 1. The molecule has 3 heterocycles. The number of hydrogen-bond acceptors (Lipinski definition) is 6. The highest BCUT2D eigenvalue weighted by atomic mass is 32.2. The molecular formula is C24H28N4O2S2. The Morgan fingerprint density at radius 2 is 1.84 bits per heavy atom. The summed E-state index contributed by atoms with van der Waals surface area (Å²) in [6, 6.07) is 4.29. The zero-order valence-corrected chi connectivity index (χ0v) is 19.9. The summed E-state index contributed by atoms with van der Waals surface area (Å²) in [6.45, 7) is 1.96. The number of aromatic nitrogens is 2. The Morgan fingerprint density at radius 1 is 1.12 bits per heavy atom. The van der Waals surface area contributed by atoms with Gasteiger partial charge in [0.15, 0.2) is 0 Å². The molecule has 0 aromatic carbocycles. The third-order valence-electron chi connectivity index (χ3n) is 6.82. The van der Waals surface area contributed by atoms with Gasteiger partial charge in [0.25, 0.3) is 11.5 Å². The number of nitrogens with one attached hydrogen (secondary N) is 1. The molecule has 0 atom stereocenters. The molecule has 2 aromatic rings. The highest BCUT2D eigenvalue weighted by Crippen LogP contribution is 2.38. The van der Waals surface area contributed by atoms with Crippen molar-refractivity contribution >= 4 is 51.7 Å². The maximum atomic E-state index is 13.5. The summed E-state index contributed by atoms with van der Waals surface area (Å²) < 4.78 is 2.17. The average molecular weight is 469 g/mol. The van der Waals surface area contributed by atoms with Crippen molar-refractivity contribution < 1.29 is 4.79 Å². The van der Waals surface area contributed by atoms with Gasteiger partial charge >= 0.3 is 0 Å². The van der Waals surface area contributed by atoms with Crippen LogP contribution < -0.4 is 10.9 Å². The number of rotatable bonds is 4. The third kappa shape index (κ3) is 3.99. The Balaban J connectivity index is 1.58. The monoisotopic (exact) mass is 468 g/mol. The van der Waals surface area contributed by atoms with Crippen molar-refractivity contribution in [3.8, 4) is 0 Å².